The molecular weight excluding hydrogens is 708 g/mol. The molecular formula is C26H33N9O9P2S2. The average molecular weight is 742 g/mol. The molecule has 258 valence electrons. The smallest absolute Gasteiger partial charge is 0.386 e. The Morgan fingerprint density at radius 3 is 2.88 bits per heavy atom. The summed E-state index contributed by atoms with van der Waals surface area (Å²) in [6, 6.07) is 3.66. The number of nitrogens with one attached hydrogen (secondary N) is 1. The first-order valence-electron chi connectivity index (χ1n) is 14.9. The molecule has 1 aliphatic carbocycles. The predicted octanol–water partition coefficient (Wildman–Crippen LogP) is 3.29. The van der Waals surface area contributed by atoms with E-state index in [-0.39, 0.29) is 61.8 Å². The molecule has 1 saturated carbocycles. The third kappa shape index (κ3) is 8.48. The third-order valence-electron chi connectivity index (χ3n) is 7.55. The van der Waals surface area contributed by atoms with Crippen LogP contribution in [0.25, 0.3) is 11.2 Å². The second-order valence-electron chi connectivity index (χ2n) is 11.4. The molecule has 0 unspecified atom stereocenters. The number of nitriles is 1. The fraction of sp³-hybridized carbons (Fsp3) is 0.577. The summed E-state index contributed by atoms with van der Waals surface area (Å²) < 4.78 is 57.7. The largest absolute Gasteiger partial charge is 0.474 e. The van der Waals surface area contributed by atoms with E-state index in [0.29, 0.717) is 18.7 Å². The fourth-order valence-corrected chi connectivity index (χ4v) is 9.21. The van der Waals surface area contributed by atoms with Crippen molar-refractivity contribution < 1.29 is 36.7 Å². The zero-order valence-electron chi connectivity index (χ0n) is 25.8. The maximum atomic E-state index is 13.5. The van der Waals surface area contributed by atoms with Gasteiger partial charge in [0.25, 0.3) is 5.56 Å². The van der Waals surface area contributed by atoms with E-state index in [2.05, 4.69) is 42.2 Å². The minimum absolute atomic E-state index is 0.00818. The van der Waals surface area contributed by atoms with Gasteiger partial charge in [0.15, 0.2) is 17.4 Å². The van der Waals surface area contributed by atoms with Gasteiger partial charge in [-0.15, -0.1) is 0 Å². The summed E-state index contributed by atoms with van der Waals surface area (Å²) in [5, 5.41) is 9.17. The lowest BCUT2D eigenvalue weighted by Gasteiger charge is -2.29. The highest BCUT2D eigenvalue weighted by atomic mass is 32.7. The van der Waals surface area contributed by atoms with Gasteiger partial charge >= 0.3 is 13.5 Å². The number of hydrogen-bond donors (Lipinski definition) is 2. The summed E-state index contributed by atoms with van der Waals surface area (Å²) in [4.78, 5) is 38.1. The van der Waals surface area contributed by atoms with Crippen LogP contribution in [0.5, 0.6) is 5.88 Å². The Morgan fingerprint density at radius 1 is 1.25 bits per heavy atom. The van der Waals surface area contributed by atoms with E-state index in [1.165, 1.54) is 23.6 Å². The molecule has 0 aromatic carbocycles. The van der Waals surface area contributed by atoms with Crippen LogP contribution in [0, 0.1) is 17.2 Å². The van der Waals surface area contributed by atoms with E-state index in [4.69, 9.17) is 43.9 Å². The molecule has 22 heteroatoms. The van der Waals surface area contributed by atoms with Crippen LogP contribution in [-0.2, 0) is 43.7 Å². The van der Waals surface area contributed by atoms with E-state index in [0.717, 1.165) is 0 Å². The molecule has 8 atom stereocenters. The monoisotopic (exact) mass is 741 g/mol. The number of ether oxygens (including phenoxy) is 2. The van der Waals surface area contributed by atoms with Crippen molar-refractivity contribution in [2.75, 3.05) is 33.9 Å². The molecule has 3 fully saturated rings. The van der Waals surface area contributed by atoms with Crippen LogP contribution in [-0.4, -0.2) is 99.1 Å². The van der Waals surface area contributed by atoms with Crippen LogP contribution < -0.4 is 10.3 Å². The number of thiol groups is 1. The van der Waals surface area contributed by atoms with Gasteiger partial charge in [0.2, 0.25) is 11.8 Å². The Bertz CT molecular complexity index is 1830. The van der Waals surface area contributed by atoms with Gasteiger partial charge in [0, 0.05) is 45.1 Å². The van der Waals surface area contributed by atoms with Gasteiger partial charge in [-0.1, -0.05) is 12.2 Å². The number of fused-ring (bicyclic) bond motifs is 4. The minimum Gasteiger partial charge on any atom is -0.474 e. The van der Waals surface area contributed by atoms with Crippen molar-refractivity contribution in [3.05, 3.63) is 35.3 Å². The van der Waals surface area contributed by atoms with Gasteiger partial charge in [0.1, 0.15) is 18.5 Å². The second-order valence-corrected chi connectivity index (χ2v) is 17.2. The van der Waals surface area contributed by atoms with Crippen molar-refractivity contribution in [2.24, 2.45) is 10.9 Å². The Labute approximate surface area is 285 Å². The van der Waals surface area contributed by atoms with Gasteiger partial charge < -0.3 is 27.9 Å². The maximum absolute atomic E-state index is 13.5. The lowest BCUT2D eigenvalue weighted by molar-refractivity contribution is -0.0485. The van der Waals surface area contributed by atoms with Gasteiger partial charge in [-0.2, -0.15) is 10.2 Å². The first-order valence-corrected chi connectivity index (χ1v) is 20.1. The average Bonchev–Trinajstić information content (AvgIpc) is 3.75. The zero-order valence-corrected chi connectivity index (χ0v) is 29.3. The second kappa shape index (κ2) is 15.0. The van der Waals surface area contributed by atoms with Gasteiger partial charge in [-0.3, -0.25) is 23.4 Å². The van der Waals surface area contributed by atoms with Crippen molar-refractivity contribution in [1.29, 1.82) is 5.26 Å². The number of nitrogens with zero attached hydrogens (tertiary/aromatic N) is 8. The SMILES string of the molecule is CN(C)C=Nc1nc2c(ncn2[C@@H]2O[C@@H]3CO[P@@](=O)(S)O[C@H]4C[C@H](Oc5ccncn5)C[C@@H]4CO[P@](=S)(OCCC#N)O[C@@H]2C3)c(=O)[nH]1. The van der Waals surface area contributed by atoms with Gasteiger partial charge in [0.05, 0.1) is 57.2 Å². The van der Waals surface area contributed by atoms with Crippen LogP contribution >= 0.6 is 25.8 Å². The number of imidazole rings is 1. The van der Waals surface area contributed by atoms with Crippen molar-refractivity contribution in [1.82, 2.24) is 34.4 Å². The summed E-state index contributed by atoms with van der Waals surface area (Å²) in [5.74, 6) is 0.0595. The molecule has 2 saturated heterocycles. The van der Waals surface area contributed by atoms with E-state index < -0.39 is 43.6 Å². The number of aromatic nitrogens is 6. The molecule has 0 radical (unpaired) electrons. The third-order valence-corrected chi connectivity index (χ3v) is 11.6. The lowest BCUT2D eigenvalue weighted by Crippen LogP contribution is -2.25. The van der Waals surface area contributed by atoms with E-state index in [9.17, 15) is 14.6 Å². The number of rotatable bonds is 8. The van der Waals surface area contributed by atoms with Crippen molar-refractivity contribution in [3.8, 4) is 11.9 Å². The standard InChI is InChI=1S/C26H33N9O9P2S2/c1-34(2)14-31-26-32-23-22(24(36)33-26)30-15-35(23)25-20-10-18(42-25)12-39-45(37,47)43-19-9-17(41-21-4-6-28-13-29-21)8-16(19)11-40-46(48,44-20)38-7-3-5-27/h4,6,13-20,25H,3,7-12H2,1-2H3,(H,37,47)(H,32,33,36)/t16-,17-,18+,19+,20-,25-,45-,46-/m1/s1. The van der Waals surface area contributed by atoms with Gasteiger partial charge in [-0.05, 0) is 18.2 Å². The molecule has 5 heterocycles. The molecule has 3 aliphatic rings. The predicted molar refractivity (Wildman–Crippen MR) is 176 cm³/mol. The normalized spacial score (nSPS) is 32.6. The summed E-state index contributed by atoms with van der Waals surface area (Å²) >= 11 is 10.1. The first-order chi connectivity index (χ1) is 23.0. The van der Waals surface area contributed by atoms with Crippen molar-refractivity contribution in [3.63, 3.8) is 0 Å². The Morgan fingerprint density at radius 2 is 2.10 bits per heavy atom. The summed E-state index contributed by atoms with van der Waals surface area (Å²) in [6.07, 6.45) is 3.39. The topological polar surface area (TPSA) is 210 Å². The molecule has 3 aromatic heterocycles. The van der Waals surface area contributed by atoms with Crippen LogP contribution in [0.1, 0.15) is 31.9 Å². The summed E-state index contributed by atoms with van der Waals surface area (Å²) in [7, 11) is 3.55. The molecule has 0 amide bonds. The number of hydrogen-bond acceptors (Lipinski definition) is 16. The molecule has 6 rings (SSSR count). The number of aliphatic imine (C=N–C) groups is 1. The molecule has 48 heavy (non-hydrogen) atoms. The van der Waals surface area contributed by atoms with E-state index in [1.807, 2.05) is 6.07 Å². The van der Waals surface area contributed by atoms with Crippen LogP contribution in [0.3, 0.4) is 0 Å². The first kappa shape index (κ1) is 35.0. The quantitative estimate of drug-likeness (QED) is 0.112. The zero-order chi connectivity index (χ0) is 33.9. The molecule has 0 spiro atoms. The number of H-pyrrole nitrogens is 1. The minimum atomic E-state index is -3.91. The highest BCUT2D eigenvalue weighted by molar-refractivity contribution is 8.44. The Kier molecular flexibility index (Phi) is 10.9. The summed E-state index contributed by atoms with van der Waals surface area (Å²) in [6.45, 7) is -7.68. The van der Waals surface area contributed by atoms with Crippen molar-refractivity contribution >= 4 is 61.0 Å². The molecule has 2 aliphatic heterocycles. The highest BCUT2D eigenvalue weighted by Crippen LogP contribution is 2.59. The summed E-state index contributed by atoms with van der Waals surface area (Å²) in [5.41, 5.74) is -0.274. The molecule has 18 nitrogen and oxygen atoms in total. The number of aromatic amines is 1. The fourth-order valence-electron chi connectivity index (χ4n) is 5.48. The highest BCUT2D eigenvalue weighted by Gasteiger charge is 2.46. The van der Waals surface area contributed by atoms with Crippen LogP contribution in [0.4, 0.5) is 5.95 Å². The molecule has 3 aromatic rings. The van der Waals surface area contributed by atoms with Gasteiger partial charge in [-0.25, -0.2) is 24.5 Å². The Balaban J connectivity index is 1.30. The lowest BCUT2D eigenvalue weighted by atomic mass is 10.1. The Hall–Kier alpha value is -2.82. The molecule has 2 bridgehead atoms. The maximum Gasteiger partial charge on any atom is 0.386 e. The van der Waals surface area contributed by atoms with E-state index >= 15 is 0 Å². The van der Waals surface area contributed by atoms with E-state index in [1.54, 1.807) is 31.3 Å². The van der Waals surface area contributed by atoms with Crippen LogP contribution in [0.15, 0.2) is 34.7 Å². The van der Waals surface area contributed by atoms with Crippen LogP contribution in [0.2, 0.25) is 0 Å². The van der Waals surface area contributed by atoms with Crippen molar-refractivity contribution in [2.45, 2.75) is 56.3 Å². The molecule has 1 N–H and O–H groups in total.